The Balaban J connectivity index is 2.04. The average molecular weight is 468 g/mol. The van der Waals surface area contributed by atoms with Crippen molar-refractivity contribution in [3.05, 3.63) is 59.1 Å². The smallest absolute Gasteiger partial charge is 0.416 e. The van der Waals surface area contributed by atoms with Crippen LogP contribution >= 0.6 is 0 Å². The van der Waals surface area contributed by atoms with Crippen molar-refractivity contribution in [2.75, 3.05) is 34.4 Å². The van der Waals surface area contributed by atoms with Crippen LogP contribution in [0, 0.1) is 17.3 Å². The number of aldehydes is 1. The summed E-state index contributed by atoms with van der Waals surface area (Å²) in [5, 5.41) is 0. The molecule has 1 aromatic carbocycles. The number of benzene rings is 1. The van der Waals surface area contributed by atoms with Gasteiger partial charge in [-0.15, -0.1) is 0 Å². The van der Waals surface area contributed by atoms with Crippen LogP contribution in [0.3, 0.4) is 0 Å². The first-order chi connectivity index (χ1) is 15.6. The molecule has 0 spiro atoms. The van der Waals surface area contributed by atoms with Gasteiger partial charge in [-0.1, -0.05) is 32.0 Å². The van der Waals surface area contributed by atoms with Crippen molar-refractivity contribution in [3.8, 4) is 0 Å². The van der Waals surface area contributed by atoms with Gasteiger partial charge in [-0.25, -0.2) is 0 Å². The molecule has 4 nitrogen and oxygen atoms in total. The van der Waals surface area contributed by atoms with E-state index in [0.717, 1.165) is 37.5 Å². The Hall–Kier alpha value is -2.28. The van der Waals surface area contributed by atoms with Crippen molar-refractivity contribution in [2.45, 2.75) is 45.7 Å². The lowest BCUT2D eigenvalue weighted by Gasteiger charge is -2.46. The summed E-state index contributed by atoms with van der Waals surface area (Å²) >= 11 is 0. The van der Waals surface area contributed by atoms with Crippen LogP contribution in [0.15, 0.2) is 47.9 Å². The number of hydrogen-bond acceptors (Lipinski definition) is 4. The monoisotopic (exact) mass is 467 g/mol. The third kappa shape index (κ3) is 6.62. The summed E-state index contributed by atoms with van der Waals surface area (Å²) in [6, 6.07) is 5.52. The molecular weight excluding hydrogens is 431 g/mol. The second-order valence-corrected chi connectivity index (χ2v) is 9.04. The summed E-state index contributed by atoms with van der Waals surface area (Å²) < 4.78 is 50.1. The quantitative estimate of drug-likeness (QED) is 0.360. The molecule has 0 saturated carbocycles. The SMILES string of the molecule is COC1=CC(CC=O)C(CCCN(C)CCc2cccc(C(F)(F)F)c2)(C(C)C)C(OC)=C1. The Labute approximate surface area is 195 Å². The summed E-state index contributed by atoms with van der Waals surface area (Å²) in [6.45, 7) is 5.74. The molecule has 2 atom stereocenters. The summed E-state index contributed by atoms with van der Waals surface area (Å²) in [5.41, 5.74) is -0.252. The summed E-state index contributed by atoms with van der Waals surface area (Å²) in [6.07, 6.45) is 3.19. The van der Waals surface area contributed by atoms with Gasteiger partial charge in [-0.05, 0) is 56.5 Å². The number of carbonyl (C=O) groups is 1. The van der Waals surface area contributed by atoms with Gasteiger partial charge in [0.05, 0.1) is 19.8 Å². The van der Waals surface area contributed by atoms with E-state index in [2.05, 4.69) is 18.7 Å². The number of rotatable bonds is 12. The number of alkyl halides is 3. The molecule has 0 bridgehead atoms. The van der Waals surface area contributed by atoms with Crippen LogP contribution in [0.2, 0.25) is 0 Å². The predicted molar refractivity (Wildman–Crippen MR) is 124 cm³/mol. The molecule has 0 aromatic heterocycles. The molecule has 1 aliphatic carbocycles. The van der Waals surface area contributed by atoms with Crippen molar-refractivity contribution in [1.82, 2.24) is 4.90 Å². The van der Waals surface area contributed by atoms with E-state index in [4.69, 9.17) is 9.47 Å². The standard InChI is InChI=1S/C26H36F3NO3/c1-19(2)25(21(11-15-31)17-23(32-4)18-24(25)33-5)12-7-13-30(3)14-10-20-8-6-9-22(16-20)26(27,28)29/h6,8-9,15-19,21H,7,10-14H2,1-5H3. The van der Waals surface area contributed by atoms with E-state index in [-0.39, 0.29) is 17.3 Å². The fraction of sp³-hybridized carbons (Fsp3) is 0.577. The molecule has 184 valence electrons. The average Bonchev–Trinajstić information content (AvgIpc) is 2.77. The van der Waals surface area contributed by atoms with Gasteiger partial charge < -0.3 is 19.2 Å². The van der Waals surface area contributed by atoms with Crippen molar-refractivity contribution in [3.63, 3.8) is 0 Å². The number of allylic oxidation sites excluding steroid dienone is 3. The minimum Gasteiger partial charge on any atom is -0.500 e. The third-order valence-electron chi connectivity index (χ3n) is 6.76. The van der Waals surface area contributed by atoms with Crippen LogP contribution in [-0.4, -0.2) is 45.5 Å². The van der Waals surface area contributed by atoms with E-state index in [1.807, 2.05) is 19.2 Å². The van der Waals surface area contributed by atoms with Gasteiger partial charge in [-0.3, -0.25) is 0 Å². The van der Waals surface area contributed by atoms with Crippen LogP contribution in [0.25, 0.3) is 0 Å². The maximum atomic E-state index is 12.9. The Morgan fingerprint density at radius 1 is 1.18 bits per heavy atom. The highest BCUT2D eigenvalue weighted by atomic mass is 19.4. The molecule has 0 amide bonds. The number of likely N-dealkylation sites (N-methyl/N-ethyl adjacent to an activating group) is 1. The summed E-state index contributed by atoms with van der Waals surface area (Å²) in [5.74, 6) is 1.74. The molecule has 0 heterocycles. The Bertz CT molecular complexity index is 847. The normalized spacial score (nSPS) is 21.1. The van der Waals surface area contributed by atoms with Gasteiger partial charge in [0.2, 0.25) is 0 Å². The maximum Gasteiger partial charge on any atom is 0.416 e. The van der Waals surface area contributed by atoms with Crippen molar-refractivity contribution in [1.29, 1.82) is 0 Å². The summed E-state index contributed by atoms with van der Waals surface area (Å²) in [7, 11) is 5.24. The number of nitrogens with zero attached hydrogens (tertiary/aromatic N) is 1. The molecular formula is C26H36F3NO3. The Morgan fingerprint density at radius 3 is 2.48 bits per heavy atom. The minimum absolute atomic E-state index is 0.0275. The zero-order valence-corrected chi connectivity index (χ0v) is 20.2. The molecule has 0 aliphatic heterocycles. The van der Waals surface area contributed by atoms with Gasteiger partial charge in [0, 0.05) is 30.4 Å². The van der Waals surface area contributed by atoms with Crippen LogP contribution in [-0.2, 0) is 26.9 Å². The minimum atomic E-state index is -4.32. The number of hydrogen-bond donors (Lipinski definition) is 0. The van der Waals surface area contributed by atoms with Crippen LogP contribution in [0.5, 0.6) is 0 Å². The number of ether oxygens (including phenoxy) is 2. The van der Waals surface area contributed by atoms with Gasteiger partial charge >= 0.3 is 6.18 Å². The largest absolute Gasteiger partial charge is 0.500 e. The highest BCUT2D eigenvalue weighted by molar-refractivity contribution is 5.52. The first-order valence-corrected chi connectivity index (χ1v) is 11.4. The molecule has 7 heteroatoms. The van der Waals surface area contributed by atoms with Gasteiger partial charge in [0.1, 0.15) is 17.8 Å². The number of halogens is 3. The first-order valence-electron chi connectivity index (χ1n) is 11.4. The molecule has 2 rings (SSSR count). The van der Waals surface area contributed by atoms with Gasteiger partial charge in [0.15, 0.2) is 0 Å². The van der Waals surface area contributed by atoms with Gasteiger partial charge in [-0.2, -0.15) is 13.2 Å². The fourth-order valence-corrected chi connectivity index (χ4v) is 4.89. The fourth-order valence-electron chi connectivity index (χ4n) is 4.89. The van der Waals surface area contributed by atoms with Crippen molar-refractivity contribution < 1.29 is 27.4 Å². The lowest BCUT2D eigenvalue weighted by atomic mass is 9.61. The summed E-state index contributed by atoms with van der Waals surface area (Å²) in [4.78, 5) is 13.6. The zero-order valence-electron chi connectivity index (χ0n) is 20.2. The number of methoxy groups -OCH3 is 2. The van der Waals surface area contributed by atoms with E-state index >= 15 is 0 Å². The predicted octanol–water partition coefficient (Wildman–Crippen LogP) is 5.88. The van der Waals surface area contributed by atoms with E-state index in [9.17, 15) is 18.0 Å². The van der Waals surface area contributed by atoms with Crippen molar-refractivity contribution >= 4 is 6.29 Å². The molecule has 0 fully saturated rings. The lowest BCUT2D eigenvalue weighted by Crippen LogP contribution is -2.40. The van der Waals surface area contributed by atoms with Crippen LogP contribution in [0.1, 0.15) is 44.2 Å². The molecule has 0 N–H and O–H groups in total. The van der Waals surface area contributed by atoms with Crippen molar-refractivity contribution in [2.24, 2.45) is 17.3 Å². The third-order valence-corrected chi connectivity index (χ3v) is 6.76. The van der Waals surface area contributed by atoms with Crippen LogP contribution < -0.4 is 0 Å². The maximum absolute atomic E-state index is 12.9. The second kappa shape index (κ2) is 11.7. The lowest BCUT2D eigenvalue weighted by molar-refractivity contribution is -0.137. The highest BCUT2D eigenvalue weighted by Gasteiger charge is 2.46. The van der Waals surface area contributed by atoms with E-state index in [1.165, 1.54) is 12.1 Å². The first kappa shape index (κ1) is 27.0. The van der Waals surface area contributed by atoms with Gasteiger partial charge in [0.25, 0.3) is 0 Å². The van der Waals surface area contributed by atoms with Crippen LogP contribution in [0.4, 0.5) is 13.2 Å². The van der Waals surface area contributed by atoms with E-state index in [0.29, 0.717) is 30.7 Å². The molecule has 1 aliphatic rings. The Morgan fingerprint density at radius 2 is 1.91 bits per heavy atom. The highest BCUT2D eigenvalue weighted by Crippen LogP contribution is 2.51. The number of carbonyl (C=O) groups excluding carboxylic acids is 1. The topological polar surface area (TPSA) is 38.8 Å². The van der Waals surface area contributed by atoms with E-state index in [1.54, 1.807) is 20.3 Å². The van der Waals surface area contributed by atoms with E-state index < -0.39 is 11.7 Å². The molecule has 0 radical (unpaired) electrons. The molecule has 0 saturated heterocycles. The zero-order chi connectivity index (χ0) is 24.6. The molecule has 2 unspecified atom stereocenters. The second-order valence-electron chi connectivity index (χ2n) is 9.04. The molecule has 33 heavy (non-hydrogen) atoms. The Kier molecular flexibility index (Phi) is 9.58. The molecule has 1 aromatic rings.